The molecule has 0 N–H and O–H groups in total. The first kappa shape index (κ1) is 8.10. The molecule has 0 radical (unpaired) electrons. The van der Waals surface area contributed by atoms with Gasteiger partial charge >= 0.3 is 0 Å². The number of hydrogen-bond acceptors (Lipinski definition) is 3. The van der Waals surface area contributed by atoms with Crippen LogP contribution in [0.3, 0.4) is 0 Å². The molecule has 3 heteroatoms. The molecular formula is C10H11N3. The Morgan fingerprint density at radius 2 is 1.85 bits per heavy atom. The van der Waals surface area contributed by atoms with E-state index in [1.807, 2.05) is 13.0 Å². The molecule has 2 rings (SSSR count). The van der Waals surface area contributed by atoms with E-state index in [1.54, 1.807) is 6.20 Å². The maximum Gasteiger partial charge on any atom is 0.115 e. The van der Waals surface area contributed by atoms with Crippen LogP contribution in [0.2, 0.25) is 0 Å². The third kappa shape index (κ3) is 1.16. The average molecular weight is 173 g/mol. The molecule has 0 aliphatic rings. The fraction of sp³-hybridized carbons (Fsp3) is 0.300. The van der Waals surface area contributed by atoms with E-state index in [1.165, 1.54) is 11.1 Å². The summed E-state index contributed by atoms with van der Waals surface area (Å²) in [5, 5.41) is 7.92. The van der Waals surface area contributed by atoms with Gasteiger partial charge in [0.1, 0.15) is 5.52 Å². The van der Waals surface area contributed by atoms with Crippen molar-refractivity contribution in [1.29, 1.82) is 0 Å². The highest BCUT2D eigenvalue weighted by molar-refractivity contribution is 5.78. The molecule has 13 heavy (non-hydrogen) atoms. The second-order valence-electron chi connectivity index (χ2n) is 3.21. The minimum atomic E-state index is 0.908. The van der Waals surface area contributed by atoms with E-state index >= 15 is 0 Å². The monoisotopic (exact) mass is 173 g/mol. The number of fused-ring (bicyclic) bond motifs is 1. The SMILES string of the molecule is Cc1nc2ccnnc2c(C)c1C. The summed E-state index contributed by atoms with van der Waals surface area (Å²) in [6.45, 7) is 6.13. The Balaban J connectivity index is 2.94. The molecule has 0 aromatic carbocycles. The summed E-state index contributed by atoms with van der Waals surface area (Å²) >= 11 is 0. The Hall–Kier alpha value is -1.51. The molecule has 3 nitrogen and oxygen atoms in total. The van der Waals surface area contributed by atoms with Gasteiger partial charge in [0.05, 0.1) is 11.7 Å². The van der Waals surface area contributed by atoms with E-state index in [2.05, 4.69) is 29.0 Å². The van der Waals surface area contributed by atoms with Crippen LogP contribution in [0.15, 0.2) is 12.3 Å². The van der Waals surface area contributed by atoms with Gasteiger partial charge in [-0.05, 0) is 38.0 Å². The van der Waals surface area contributed by atoms with Gasteiger partial charge in [-0.25, -0.2) is 0 Å². The minimum Gasteiger partial charge on any atom is -0.251 e. The van der Waals surface area contributed by atoms with Crippen molar-refractivity contribution in [2.24, 2.45) is 0 Å². The fourth-order valence-corrected chi connectivity index (χ4v) is 1.40. The largest absolute Gasteiger partial charge is 0.251 e. The Kier molecular flexibility index (Phi) is 1.72. The number of aryl methyl sites for hydroxylation is 2. The molecule has 2 aromatic heterocycles. The summed E-state index contributed by atoms with van der Waals surface area (Å²) in [5.41, 5.74) is 5.28. The van der Waals surface area contributed by atoms with Crippen molar-refractivity contribution in [3.05, 3.63) is 29.1 Å². The lowest BCUT2D eigenvalue weighted by Crippen LogP contribution is -1.96. The van der Waals surface area contributed by atoms with Crippen LogP contribution in [0.4, 0.5) is 0 Å². The molecule has 2 aromatic rings. The normalized spacial score (nSPS) is 10.7. The van der Waals surface area contributed by atoms with E-state index in [4.69, 9.17) is 0 Å². The second-order valence-corrected chi connectivity index (χ2v) is 3.21. The quantitative estimate of drug-likeness (QED) is 0.611. The van der Waals surface area contributed by atoms with Crippen LogP contribution in [0.1, 0.15) is 16.8 Å². The minimum absolute atomic E-state index is 0.908. The Bertz CT molecular complexity index is 463. The standard InChI is InChI=1S/C10H11N3/c1-6-7(2)10-9(12-8(6)3)4-5-11-13-10/h4-5H,1-3H3. The zero-order chi connectivity index (χ0) is 9.42. The van der Waals surface area contributed by atoms with Crippen LogP contribution in [-0.2, 0) is 0 Å². The smallest absolute Gasteiger partial charge is 0.115 e. The number of nitrogens with zero attached hydrogens (tertiary/aromatic N) is 3. The van der Waals surface area contributed by atoms with Crippen LogP contribution in [0, 0.1) is 20.8 Å². The lowest BCUT2D eigenvalue weighted by Gasteiger charge is -2.05. The van der Waals surface area contributed by atoms with Gasteiger partial charge in [0, 0.05) is 5.69 Å². The van der Waals surface area contributed by atoms with Gasteiger partial charge in [-0.3, -0.25) is 4.98 Å². The van der Waals surface area contributed by atoms with Crippen LogP contribution in [0.5, 0.6) is 0 Å². The van der Waals surface area contributed by atoms with E-state index in [0.29, 0.717) is 0 Å². The molecule has 0 bridgehead atoms. The fourth-order valence-electron chi connectivity index (χ4n) is 1.40. The Morgan fingerprint density at radius 3 is 2.62 bits per heavy atom. The molecule has 0 saturated carbocycles. The number of pyridine rings is 1. The van der Waals surface area contributed by atoms with E-state index in [9.17, 15) is 0 Å². The Labute approximate surface area is 76.8 Å². The Morgan fingerprint density at radius 1 is 1.08 bits per heavy atom. The van der Waals surface area contributed by atoms with Gasteiger partial charge in [0.2, 0.25) is 0 Å². The molecule has 0 aliphatic carbocycles. The topological polar surface area (TPSA) is 38.7 Å². The maximum absolute atomic E-state index is 4.43. The van der Waals surface area contributed by atoms with Crippen molar-refractivity contribution in [1.82, 2.24) is 15.2 Å². The molecule has 0 atom stereocenters. The number of hydrogen-bond donors (Lipinski definition) is 0. The van der Waals surface area contributed by atoms with E-state index in [0.717, 1.165) is 16.7 Å². The summed E-state index contributed by atoms with van der Waals surface area (Å²) in [6.07, 6.45) is 1.67. The lowest BCUT2D eigenvalue weighted by atomic mass is 10.1. The van der Waals surface area contributed by atoms with Gasteiger partial charge < -0.3 is 0 Å². The highest BCUT2D eigenvalue weighted by Gasteiger charge is 2.05. The van der Waals surface area contributed by atoms with Gasteiger partial charge in [0.25, 0.3) is 0 Å². The average Bonchev–Trinajstić information content (AvgIpc) is 2.15. The van der Waals surface area contributed by atoms with E-state index in [-0.39, 0.29) is 0 Å². The predicted octanol–water partition coefficient (Wildman–Crippen LogP) is 1.95. The molecular weight excluding hydrogens is 162 g/mol. The van der Waals surface area contributed by atoms with Crippen molar-refractivity contribution < 1.29 is 0 Å². The third-order valence-electron chi connectivity index (χ3n) is 2.45. The summed E-state index contributed by atoms with van der Waals surface area (Å²) in [4.78, 5) is 4.43. The number of aromatic nitrogens is 3. The first-order chi connectivity index (χ1) is 6.20. The van der Waals surface area contributed by atoms with Crippen molar-refractivity contribution >= 4 is 11.0 Å². The zero-order valence-electron chi connectivity index (χ0n) is 8.00. The molecule has 66 valence electrons. The summed E-state index contributed by atoms with van der Waals surface area (Å²) < 4.78 is 0. The van der Waals surface area contributed by atoms with E-state index < -0.39 is 0 Å². The van der Waals surface area contributed by atoms with Crippen LogP contribution < -0.4 is 0 Å². The maximum atomic E-state index is 4.43. The first-order valence-corrected chi connectivity index (χ1v) is 4.25. The van der Waals surface area contributed by atoms with Crippen molar-refractivity contribution in [3.63, 3.8) is 0 Å². The van der Waals surface area contributed by atoms with Crippen LogP contribution in [-0.4, -0.2) is 15.2 Å². The van der Waals surface area contributed by atoms with Gasteiger partial charge in [-0.2, -0.15) is 5.10 Å². The van der Waals surface area contributed by atoms with Crippen molar-refractivity contribution in [2.75, 3.05) is 0 Å². The summed E-state index contributed by atoms with van der Waals surface area (Å²) in [5.74, 6) is 0. The highest BCUT2D eigenvalue weighted by atomic mass is 15.1. The predicted molar refractivity (Wildman–Crippen MR) is 51.5 cm³/mol. The van der Waals surface area contributed by atoms with Crippen molar-refractivity contribution in [2.45, 2.75) is 20.8 Å². The third-order valence-corrected chi connectivity index (χ3v) is 2.45. The zero-order valence-corrected chi connectivity index (χ0v) is 8.00. The summed E-state index contributed by atoms with van der Waals surface area (Å²) in [7, 11) is 0. The molecule has 0 amide bonds. The lowest BCUT2D eigenvalue weighted by molar-refractivity contribution is 1.04. The molecule has 0 fully saturated rings. The van der Waals surface area contributed by atoms with Crippen LogP contribution >= 0.6 is 0 Å². The first-order valence-electron chi connectivity index (χ1n) is 4.25. The second kappa shape index (κ2) is 2.76. The van der Waals surface area contributed by atoms with Crippen molar-refractivity contribution in [3.8, 4) is 0 Å². The summed E-state index contributed by atoms with van der Waals surface area (Å²) in [6, 6.07) is 1.89. The van der Waals surface area contributed by atoms with Gasteiger partial charge in [-0.1, -0.05) is 0 Å². The van der Waals surface area contributed by atoms with Gasteiger partial charge in [0.15, 0.2) is 0 Å². The highest BCUT2D eigenvalue weighted by Crippen LogP contribution is 2.18. The van der Waals surface area contributed by atoms with Crippen LogP contribution in [0.25, 0.3) is 11.0 Å². The number of rotatable bonds is 0. The molecule has 0 aliphatic heterocycles. The molecule has 2 heterocycles. The molecule has 0 saturated heterocycles. The van der Waals surface area contributed by atoms with Gasteiger partial charge in [-0.15, -0.1) is 5.10 Å². The molecule has 0 unspecified atom stereocenters. The molecule has 0 spiro atoms.